The van der Waals surface area contributed by atoms with E-state index in [1.165, 1.54) is 12.1 Å². The van der Waals surface area contributed by atoms with Gasteiger partial charge in [0.1, 0.15) is 11.9 Å². The summed E-state index contributed by atoms with van der Waals surface area (Å²) in [7, 11) is 1.77. The highest BCUT2D eigenvalue weighted by Crippen LogP contribution is 2.26. The molecule has 0 aliphatic rings. The first-order valence-electron chi connectivity index (χ1n) is 8.48. The number of rotatable bonds is 5. The first-order chi connectivity index (χ1) is 13.4. The molecule has 3 aromatic rings. The topological polar surface area (TPSA) is 112 Å². The average molecular weight is 384 g/mol. The number of nitrogens with one attached hydrogen (secondary N) is 1. The second-order valence-corrected chi connectivity index (χ2v) is 5.70. The zero-order chi connectivity index (χ0) is 20.7. The third-order valence-corrected chi connectivity index (χ3v) is 3.92. The van der Waals surface area contributed by atoms with Crippen LogP contribution >= 0.6 is 0 Å². The third kappa shape index (κ3) is 4.73. The van der Waals surface area contributed by atoms with E-state index < -0.39 is 10.9 Å². The van der Waals surface area contributed by atoms with Gasteiger partial charge in [-0.05, 0) is 44.2 Å². The monoisotopic (exact) mass is 384 g/mol. The molecule has 0 radical (unpaired) electrons. The lowest BCUT2D eigenvalue weighted by Gasteiger charge is -1.97. The highest BCUT2D eigenvalue weighted by molar-refractivity contribution is 5.97. The summed E-state index contributed by atoms with van der Waals surface area (Å²) in [6.07, 6.45) is 0.760. The van der Waals surface area contributed by atoms with E-state index in [4.69, 9.17) is 9.15 Å². The molecule has 0 fully saturated rings. The van der Waals surface area contributed by atoms with Gasteiger partial charge in [0.15, 0.2) is 0 Å². The number of nitro groups is 1. The number of benzene rings is 2. The zero-order valence-electron chi connectivity index (χ0n) is 15.7. The van der Waals surface area contributed by atoms with Crippen LogP contribution < -0.4 is 5.32 Å². The van der Waals surface area contributed by atoms with Crippen molar-refractivity contribution in [3.8, 4) is 0 Å². The summed E-state index contributed by atoms with van der Waals surface area (Å²) < 4.78 is 10.3. The van der Waals surface area contributed by atoms with E-state index in [1.54, 1.807) is 51.2 Å². The van der Waals surface area contributed by atoms with Crippen molar-refractivity contribution in [2.75, 3.05) is 19.0 Å². The number of carbonyl (C=O) groups is 2. The first-order valence-corrected chi connectivity index (χ1v) is 8.48. The molecule has 3 rings (SSSR count). The van der Waals surface area contributed by atoms with Crippen molar-refractivity contribution in [3.05, 3.63) is 69.5 Å². The van der Waals surface area contributed by atoms with Crippen LogP contribution in [0, 0.1) is 17.0 Å². The lowest BCUT2D eigenvalue weighted by molar-refractivity contribution is -0.384. The number of hydrogen-bond donors (Lipinski definition) is 1. The normalized spacial score (nSPS) is 9.96. The minimum absolute atomic E-state index is 0.115. The van der Waals surface area contributed by atoms with Crippen molar-refractivity contribution in [2.24, 2.45) is 0 Å². The minimum Gasteiger partial charge on any atom is -0.460 e. The van der Waals surface area contributed by atoms with Gasteiger partial charge in [0.2, 0.25) is 5.76 Å². The lowest BCUT2D eigenvalue weighted by atomic mass is 10.1. The summed E-state index contributed by atoms with van der Waals surface area (Å²) >= 11 is 0. The van der Waals surface area contributed by atoms with Gasteiger partial charge in [-0.1, -0.05) is 0 Å². The Bertz CT molecular complexity index is 992. The van der Waals surface area contributed by atoms with E-state index in [1.807, 2.05) is 0 Å². The summed E-state index contributed by atoms with van der Waals surface area (Å²) in [5.74, 6) is -0.279. The smallest absolute Gasteiger partial charge is 0.374 e. The fourth-order valence-electron chi connectivity index (χ4n) is 2.45. The molecule has 1 aromatic heterocycles. The SMILES string of the molecule is CCOC(=O)c1oc2ccc(C=O)cc2c1C.CNc1ccc([N+](=O)[O-])cc1. The molecule has 0 saturated heterocycles. The summed E-state index contributed by atoms with van der Waals surface area (Å²) in [6.45, 7) is 3.81. The Kier molecular flexibility index (Phi) is 6.86. The van der Waals surface area contributed by atoms with Crippen molar-refractivity contribution in [1.82, 2.24) is 0 Å². The molecule has 8 heteroatoms. The summed E-state index contributed by atoms with van der Waals surface area (Å²) in [5.41, 5.74) is 2.81. The fourth-order valence-corrected chi connectivity index (χ4v) is 2.45. The number of hydrogen-bond acceptors (Lipinski definition) is 7. The second kappa shape index (κ2) is 9.31. The van der Waals surface area contributed by atoms with Gasteiger partial charge in [0, 0.05) is 41.4 Å². The van der Waals surface area contributed by atoms with Gasteiger partial charge < -0.3 is 14.5 Å². The van der Waals surface area contributed by atoms with Gasteiger partial charge in [-0.15, -0.1) is 0 Å². The first kappa shape index (κ1) is 20.6. The molecule has 0 bridgehead atoms. The molecule has 0 spiro atoms. The van der Waals surface area contributed by atoms with Gasteiger partial charge in [0.25, 0.3) is 5.69 Å². The standard InChI is InChI=1S/C13H12O4.C7H8N2O2/c1-3-16-13(15)12-8(2)10-6-9(7-14)4-5-11(10)17-12;1-8-6-2-4-7(5-3-6)9(10)11/h4-7H,3H2,1-2H3;2-5,8H,1H3. The van der Waals surface area contributed by atoms with Crippen LogP contribution in [0.25, 0.3) is 11.0 Å². The minimum atomic E-state index is -0.478. The lowest BCUT2D eigenvalue weighted by Crippen LogP contribution is -2.04. The molecular weight excluding hydrogens is 364 g/mol. The molecule has 1 N–H and O–H groups in total. The number of fused-ring (bicyclic) bond motifs is 1. The van der Waals surface area contributed by atoms with E-state index in [9.17, 15) is 19.7 Å². The zero-order valence-corrected chi connectivity index (χ0v) is 15.7. The van der Waals surface area contributed by atoms with Gasteiger partial charge in [0.05, 0.1) is 11.5 Å². The number of nitro benzene ring substituents is 1. The van der Waals surface area contributed by atoms with Gasteiger partial charge in [-0.2, -0.15) is 0 Å². The highest BCUT2D eigenvalue weighted by atomic mass is 16.6. The van der Waals surface area contributed by atoms with Crippen molar-refractivity contribution in [1.29, 1.82) is 0 Å². The van der Waals surface area contributed by atoms with Crippen LogP contribution in [0.4, 0.5) is 11.4 Å². The number of esters is 1. The maximum Gasteiger partial charge on any atom is 0.374 e. The number of non-ortho nitro benzene ring substituents is 1. The van der Waals surface area contributed by atoms with E-state index in [0.29, 0.717) is 23.3 Å². The van der Waals surface area contributed by atoms with Gasteiger partial charge in [-0.25, -0.2) is 4.79 Å². The molecule has 8 nitrogen and oxygen atoms in total. The number of nitrogens with zero attached hydrogens (tertiary/aromatic N) is 1. The molecule has 0 atom stereocenters. The quantitative estimate of drug-likeness (QED) is 0.301. The molecule has 0 saturated carbocycles. The van der Waals surface area contributed by atoms with Crippen LogP contribution in [0.15, 0.2) is 46.9 Å². The molecule has 1 heterocycles. The highest BCUT2D eigenvalue weighted by Gasteiger charge is 2.18. The summed E-state index contributed by atoms with van der Waals surface area (Å²) in [5, 5.41) is 13.8. The van der Waals surface area contributed by atoms with Crippen LogP contribution in [0.1, 0.15) is 33.4 Å². The Labute approximate surface area is 161 Å². The maximum absolute atomic E-state index is 11.6. The number of aryl methyl sites for hydroxylation is 1. The predicted octanol–water partition coefficient (Wildman–Crippen LogP) is 4.37. The molecule has 0 aliphatic carbocycles. The largest absolute Gasteiger partial charge is 0.460 e. The van der Waals surface area contributed by atoms with E-state index in [-0.39, 0.29) is 11.4 Å². The molecule has 0 amide bonds. The van der Waals surface area contributed by atoms with Crippen LogP contribution in [-0.4, -0.2) is 30.8 Å². The number of carbonyl (C=O) groups excluding carboxylic acids is 2. The van der Waals surface area contributed by atoms with E-state index >= 15 is 0 Å². The molecule has 2 aromatic carbocycles. The Morgan fingerprint density at radius 2 is 1.93 bits per heavy atom. The fraction of sp³-hybridized carbons (Fsp3) is 0.200. The molecule has 146 valence electrons. The Morgan fingerprint density at radius 3 is 2.46 bits per heavy atom. The summed E-state index contributed by atoms with van der Waals surface area (Å²) in [4.78, 5) is 32.1. The number of ether oxygens (including phenoxy) is 1. The van der Waals surface area contributed by atoms with E-state index in [2.05, 4.69) is 5.32 Å². The predicted molar refractivity (Wildman–Crippen MR) is 105 cm³/mol. The van der Waals surface area contributed by atoms with Crippen molar-refractivity contribution in [3.63, 3.8) is 0 Å². The van der Waals surface area contributed by atoms with Gasteiger partial charge in [-0.3, -0.25) is 14.9 Å². The molecule has 28 heavy (non-hydrogen) atoms. The van der Waals surface area contributed by atoms with Crippen LogP contribution in [0.2, 0.25) is 0 Å². The maximum atomic E-state index is 11.6. The Balaban J connectivity index is 0.000000221. The molecular formula is C20H20N2O6. The number of furan rings is 1. The Morgan fingerprint density at radius 1 is 1.25 bits per heavy atom. The second-order valence-electron chi connectivity index (χ2n) is 5.70. The van der Waals surface area contributed by atoms with Crippen molar-refractivity contribution in [2.45, 2.75) is 13.8 Å². The van der Waals surface area contributed by atoms with Gasteiger partial charge >= 0.3 is 5.97 Å². The van der Waals surface area contributed by atoms with Crippen molar-refractivity contribution >= 4 is 34.6 Å². The number of anilines is 1. The van der Waals surface area contributed by atoms with E-state index in [0.717, 1.165) is 17.4 Å². The average Bonchev–Trinajstić information content (AvgIpc) is 3.04. The van der Waals surface area contributed by atoms with Crippen molar-refractivity contribution < 1.29 is 23.7 Å². The molecule has 0 unspecified atom stereocenters. The van der Waals surface area contributed by atoms with Crippen LogP contribution in [-0.2, 0) is 4.74 Å². The van der Waals surface area contributed by atoms with Crippen LogP contribution in [0.5, 0.6) is 0 Å². The molecule has 0 aliphatic heterocycles. The summed E-state index contributed by atoms with van der Waals surface area (Å²) in [6, 6.07) is 11.3. The Hall–Kier alpha value is -3.68. The van der Waals surface area contributed by atoms with Crippen LogP contribution in [0.3, 0.4) is 0 Å². The third-order valence-electron chi connectivity index (χ3n) is 3.92. The number of aldehydes is 1.